The quantitative estimate of drug-likeness (QED) is 0.765. The van der Waals surface area contributed by atoms with E-state index in [9.17, 15) is 4.79 Å². The fraction of sp³-hybridized carbons (Fsp3) is 0.429. The first-order valence-electron chi connectivity index (χ1n) is 6.69. The van der Waals surface area contributed by atoms with Crippen molar-refractivity contribution in [2.45, 2.75) is 32.4 Å². The summed E-state index contributed by atoms with van der Waals surface area (Å²) in [4.78, 5) is 19.8. The van der Waals surface area contributed by atoms with Gasteiger partial charge in [0.05, 0.1) is 13.2 Å². The molecular formula is C14H16N2O2S2. The largest absolute Gasteiger partial charge is 0.461 e. The predicted molar refractivity (Wildman–Crippen MR) is 81.6 cm³/mol. The predicted octanol–water partition coefficient (Wildman–Crippen LogP) is 3.55. The molecule has 3 rings (SSSR count). The van der Waals surface area contributed by atoms with E-state index in [0.29, 0.717) is 18.3 Å². The van der Waals surface area contributed by atoms with E-state index in [2.05, 4.69) is 27.4 Å². The van der Waals surface area contributed by atoms with E-state index in [0.717, 1.165) is 11.7 Å². The van der Waals surface area contributed by atoms with E-state index in [4.69, 9.17) is 4.74 Å². The van der Waals surface area contributed by atoms with Crippen molar-refractivity contribution < 1.29 is 9.53 Å². The number of carbonyl (C=O) groups excluding carboxylic acids is 1. The minimum atomic E-state index is -0.332. The van der Waals surface area contributed by atoms with Crippen LogP contribution in [0.2, 0.25) is 0 Å². The number of esters is 1. The van der Waals surface area contributed by atoms with Gasteiger partial charge in [-0.05, 0) is 31.2 Å². The Balaban J connectivity index is 1.76. The van der Waals surface area contributed by atoms with Gasteiger partial charge in [-0.2, -0.15) is 0 Å². The summed E-state index contributed by atoms with van der Waals surface area (Å²) in [6.45, 7) is 3.06. The fourth-order valence-electron chi connectivity index (χ4n) is 2.00. The van der Waals surface area contributed by atoms with Gasteiger partial charge in [-0.3, -0.25) is 0 Å². The second-order valence-electron chi connectivity index (χ2n) is 4.67. The zero-order chi connectivity index (χ0) is 13.9. The van der Waals surface area contributed by atoms with Crippen molar-refractivity contribution in [3.8, 4) is 0 Å². The average molecular weight is 308 g/mol. The van der Waals surface area contributed by atoms with Gasteiger partial charge in [0.1, 0.15) is 0 Å². The van der Waals surface area contributed by atoms with Crippen LogP contribution < -0.4 is 4.90 Å². The van der Waals surface area contributed by atoms with Crippen LogP contribution in [0.5, 0.6) is 0 Å². The number of ether oxygens (including phenoxy) is 1. The third kappa shape index (κ3) is 3.02. The Labute approximate surface area is 126 Å². The van der Waals surface area contributed by atoms with E-state index >= 15 is 0 Å². The molecule has 0 aliphatic heterocycles. The lowest BCUT2D eigenvalue weighted by molar-refractivity contribution is 0.0520. The first-order valence-corrected chi connectivity index (χ1v) is 8.45. The maximum Gasteiger partial charge on any atom is 0.357 e. The Bertz CT molecular complexity index is 576. The van der Waals surface area contributed by atoms with Crippen molar-refractivity contribution in [2.24, 2.45) is 0 Å². The number of nitrogens with zero attached hydrogens (tertiary/aromatic N) is 2. The third-order valence-electron chi connectivity index (χ3n) is 3.12. The molecule has 0 atom stereocenters. The molecule has 1 aliphatic rings. The number of thiophene rings is 1. The number of rotatable bonds is 6. The molecule has 1 aliphatic carbocycles. The van der Waals surface area contributed by atoms with E-state index < -0.39 is 0 Å². The lowest BCUT2D eigenvalue weighted by Crippen LogP contribution is -2.24. The van der Waals surface area contributed by atoms with Gasteiger partial charge in [-0.25, -0.2) is 9.78 Å². The summed E-state index contributed by atoms with van der Waals surface area (Å²) in [7, 11) is 0. The number of thiazole rings is 1. The molecule has 0 spiro atoms. The average Bonchev–Trinajstić information content (AvgIpc) is 2.95. The highest BCUT2D eigenvalue weighted by Gasteiger charge is 2.31. The van der Waals surface area contributed by atoms with Crippen molar-refractivity contribution >= 4 is 33.8 Å². The van der Waals surface area contributed by atoms with Crippen LogP contribution >= 0.6 is 22.7 Å². The van der Waals surface area contributed by atoms with Crippen LogP contribution in [-0.4, -0.2) is 23.6 Å². The highest BCUT2D eigenvalue weighted by Crippen LogP contribution is 2.35. The van der Waals surface area contributed by atoms with Crippen LogP contribution in [0, 0.1) is 0 Å². The third-order valence-corrected chi connectivity index (χ3v) is 4.86. The smallest absolute Gasteiger partial charge is 0.357 e. The van der Waals surface area contributed by atoms with Gasteiger partial charge in [0, 0.05) is 16.3 Å². The normalized spacial score (nSPS) is 14.2. The number of hydrogen-bond donors (Lipinski definition) is 0. The molecular weight excluding hydrogens is 292 g/mol. The Morgan fingerprint density at radius 2 is 2.35 bits per heavy atom. The SMILES string of the molecule is CCOC(=O)c1csc(N(Cc2cccs2)C2CC2)n1. The van der Waals surface area contributed by atoms with Gasteiger partial charge >= 0.3 is 5.97 Å². The molecule has 0 radical (unpaired) electrons. The highest BCUT2D eigenvalue weighted by molar-refractivity contribution is 7.14. The molecule has 0 amide bonds. The van der Waals surface area contributed by atoms with Gasteiger partial charge in [-0.15, -0.1) is 22.7 Å². The molecule has 1 saturated carbocycles. The van der Waals surface area contributed by atoms with Gasteiger partial charge in [0.2, 0.25) is 0 Å². The molecule has 0 N–H and O–H groups in total. The maximum absolute atomic E-state index is 11.7. The van der Waals surface area contributed by atoms with Crippen LogP contribution in [0.15, 0.2) is 22.9 Å². The number of anilines is 1. The van der Waals surface area contributed by atoms with Crippen LogP contribution in [0.4, 0.5) is 5.13 Å². The first-order chi connectivity index (χ1) is 9.78. The minimum absolute atomic E-state index is 0.332. The lowest BCUT2D eigenvalue weighted by atomic mass is 10.4. The molecule has 0 unspecified atom stereocenters. The standard InChI is InChI=1S/C14H16N2O2S2/c1-2-18-13(17)12-9-20-14(15-12)16(10-5-6-10)8-11-4-3-7-19-11/h3-4,7,9-10H,2,5-6,8H2,1H3. The van der Waals surface area contributed by atoms with Crippen molar-refractivity contribution in [3.05, 3.63) is 33.5 Å². The molecule has 6 heteroatoms. The summed E-state index contributed by atoms with van der Waals surface area (Å²) in [5.74, 6) is -0.332. The Hall–Kier alpha value is -1.40. The summed E-state index contributed by atoms with van der Waals surface area (Å²) < 4.78 is 4.99. The molecule has 0 bridgehead atoms. The summed E-state index contributed by atoms with van der Waals surface area (Å²) in [5, 5.41) is 4.80. The maximum atomic E-state index is 11.7. The van der Waals surface area contributed by atoms with Gasteiger partial charge in [-0.1, -0.05) is 6.07 Å². The van der Waals surface area contributed by atoms with Crippen LogP contribution in [0.1, 0.15) is 35.1 Å². The first kappa shape index (κ1) is 13.6. The van der Waals surface area contributed by atoms with E-state index in [-0.39, 0.29) is 5.97 Å². The molecule has 0 aromatic carbocycles. The van der Waals surface area contributed by atoms with Gasteiger partial charge < -0.3 is 9.64 Å². The molecule has 20 heavy (non-hydrogen) atoms. The van der Waals surface area contributed by atoms with E-state index in [1.165, 1.54) is 29.1 Å². The van der Waals surface area contributed by atoms with Crippen molar-refractivity contribution in [1.82, 2.24) is 4.98 Å². The summed E-state index contributed by atoms with van der Waals surface area (Å²) in [6.07, 6.45) is 2.42. The van der Waals surface area contributed by atoms with Gasteiger partial charge in [0.25, 0.3) is 0 Å². The summed E-state index contributed by atoms with van der Waals surface area (Å²) >= 11 is 3.28. The van der Waals surface area contributed by atoms with Crippen LogP contribution in [0.25, 0.3) is 0 Å². The molecule has 0 saturated heterocycles. The number of aromatic nitrogens is 1. The summed E-state index contributed by atoms with van der Waals surface area (Å²) in [5.41, 5.74) is 0.420. The Morgan fingerprint density at radius 3 is 3.00 bits per heavy atom. The monoisotopic (exact) mass is 308 g/mol. The fourth-order valence-corrected chi connectivity index (χ4v) is 3.57. The molecule has 106 valence electrons. The number of carbonyl (C=O) groups is 1. The van der Waals surface area contributed by atoms with Crippen LogP contribution in [0.3, 0.4) is 0 Å². The summed E-state index contributed by atoms with van der Waals surface area (Å²) in [6, 6.07) is 4.77. The molecule has 1 fully saturated rings. The zero-order valence-electron chi connectivity index (χ0n) is 11.2. The Morgan fingerprint density at radius 1 is 1.50 bits per heavy atom. The van der Waals surface area contributed by atoms with E-state index in [1.807, 2.05) is 0 Å². The molecule has 4 nitrogen and oxygen atoms in total. The van der Waals surface area contributed by atoms with Gasteiger partial charge in [0.15, 0.2) is 10.8 Å². The second kappa shape index (κ2) is 5.93. The molecule has 2 heterocycles. The number of hydrogen-bond acceptors (Lipinski definition) is 6. The molecule has 2 aromatic heterocycles. The highest BCUT2D eigenvalue weighted by atomic mass is 32.1. The van der Waals surface area contributed by atoms with E-state index in [1.54, 1.807) is 23.6 Å². The van der Waals surface area contributed by atoms with Crippen LogP contribution in [-0.2, 0) is 11.3 Å². The second-order valence-corrected chi connectivity index (χ2v) is 6.54. The zero-order valence-corrected chi connectivity index (χ0v) is 12.9. The van der Waals surface area contributed by atoms with Crippen molar-refractivity contribution in [2.75, 3.05) is 11.5 Å². The topological polar surface area (TPSA) is 42.4 Å². The minimum Gasteiger partial charge on any atom is -0.461 e. The lowest BCUT2D eigenvalue weighted by Gasteiger charge is -2.20. The van der Waals surface area contributed by atoms with Crippen molar-refractivity contribution in [3.63, 3.8) is 0 Å². The Kier molecular flexibility index (Phi) is 4.03. The molecule has 2 aromatic rings. The van der Waals surface area contributed by atoms with Crippen molar-refractivity contribution in [1.29, 1.82) is 0 Å².